The van der Waals surface area contributed by atoms with Crippen molar-refractivity contribution in [3.63, 3.8) is 0 Å². The molecule has 2 aromatic rings. The normalized spacial score (nSPS) is 10.9. The summed E-state index contributed by atoms with van der Waals surface area (Å²) in [6.07, 6.45) is 0. The highest BCUT2D eigenvalue weighted by molar-refractivity contribution is 9.10. The van der Waals surface area contributed by atoms with Crippen LogP contribution in [0.4, 0.5) is 0 Å². The Hall–Kier alpha value is -1.10. The largest absolute Gasteiger partial charge is 0.486 e. The van der Waals surface area contributed by atoms with Gasteiger partial charge in [-0.3, -0.25) is 4.98 Å². The molecule has 0 atom stereocenters. The van der Waals surface area contributed by atoms with E-state index in [9.17, 15) is 0 Å². The highest BCUT2D eigenvalue weighted by Gasteiger charge is 2.04. The monoisotopic (exact) mass is 368 g/mol. The number of hydrogen-bond acceptors (Lipinski definition) is 3. The molecule has 112 valence electrons. The second kappa shape index (κ2) is 7.78. The molecule has 1 N–H and O–H groups in total. The summed E-state index contributed by atoms with van der Waals surface area (Å²) >= 11 is 9.50. The molecule has 0 unspecified atom stereocenters. The molecule has 0 radical (unpaired) electrons. The van der Waals surface area contributed by atoms with Gasteiger partial charge in [0.25, 0.3) is 0 Å². The Kier molecular flexibility index (Phi) is 6.03. The van der Waals surface area contributed by atoms with Gasteiger partial charge in [-0.2, -0.15) is 0 Å². The average molecular weight is 370 g/mol. The standard InChI is InChI=1S/C16H18BrClN2O/c1-11(2)19-9-13-4-3-5-14(20-13)10-21-16-7-6-12(17)8-15(16)18/h3-8,11,19H,9-10H2,1-2H3. The number of hydrogen-bond donors (Lipinski definition) is 1. The van der Waals surface area contributed by atoms with Crippen molar-refractivity contribution in [1.82, 2.24) is 10.3 Å². The molecule has 0 amide bonds. The molecule has 0 aliphatic heterocycles. The van der Waals surface area contributed by atoms with Crippen LogP contribution in [0.25, 0.3) is 0 Å². The average Bonchev–Trinajstić information content (AvgIpc) is 2.45. The van der Waals surface area contributed by atoms with Gasteiger partial charge in [0.2, 0.25) is 0 Å². The maximum absolute atomic E-state index is 6.13. The lowest BCUT2D eigenvalue weighted by Crippen LogP contribution is -2.22. The van der Waals surface area contributed by atoms with Gasteiger partial charge < -0.3 is 10.1 Å². The minimum absolute atomic E-state index is 0.400. The smallest absolute Gasteiger partial charge is 0.138 e. The van der Waals surface area contributed by atoms with Crippen LogP contribution in [0.15, 0.2) is 40.9 Å². The number of ether oxygens (including phenoxy) is 1. The van der Waals surface area contributed by atoms with Crippen LogP contribution in [-0.4, -0.2) is 11.0 Å². The summed E-state index contributed by atoms with van der Waals surface area (Å²) in [5, 5.41) is 3.93. The molecule has 2 rings (SSSR count). The van der Waals surface area contributed by atoms with Gasteiger partial charge in [0.1, 0.15) is 12.4 Å². The van der Waals surface area contributed by atoms with E-state index in [0.29, 0.717) is 23.4 Å². The van der Waals surface area contributed by atoms with Gasteiger partial charge in [-0.1, -0.05) is 47.4 Å². The molecule has 3 nitrogen and oxygen atoms in total. The predicted octanol–water partition coefficient (Wildman–Crippen LogP) is 4.57. The summed E-state index contributed by atoms with van der Waals surface area (Å²) in [4.78, 5) is 4.57. The Morgan fingerprint density at radius 3 is 2.71 bits per heavy atom. The molecule has 0 aliphatic carbocycles. The van der Waals surface area contributed by atoms with Crippen LogP contribution in [0.5, 0.6) is 5.75 Å². The quantitative estimate of drug-likeness (QED) is 0.809. The van der Waals surface area contributed by atoms with Gasteiger partial charge in [0.15, 0.2) is 0 Å². The third-order valence-electron chi connectivity index (χ3n) is 2.83. The Morgan fingerprint density at radius 2 is 2.00 bits per heavy atom. The van der Waals surface area contributed by atoms with Crippen molar-refractivity contribution in [2.75, 3.05) is 0 Å². The third kappa shape index (κ3) is 5.30. The van der Waals surface area contributed by atoms with Crippen molar-refractivity contribution in [3.05, 3.63) is 57.3 Å². The van der Waals surface area contributed by atoms with E-state index in [1.165, 1.54) is 0 Å². The van der Waals surface area contributed by atoms with E-state index in [2.05, 4.69) is 40.1 Å². The van der Waals surface area contributed by atoms with E-state index in [0.717, 1.165) is 22.4 Å². The molecular weight excluding hydrogens is 352 g/mol. The molecule has 1 aromatic heterocycles. The van der Waals surface area contributed by atoms with Gasteiger partial charge in [-0.15, -0.1) is 0 Å². The van der Waals surface area contributed by atoms with Gasteiger partial charge in [0.05, 0.1) is 16.4 Å². The number of benzene rings is 1. The molecule has 0 fully saturated rings. The molecule has 1 heterocycles. The van der Waals surface area contributed by atoms with E-state index in [4.69, 9.17) is 16.3 Å². The second-order valence-electron chi connectivity index (χ2n) is 5.02. The molecule has 0 saturated carbocycles. The van der Waals surface area contributed by atoms with E-state index in [-0.39, 0.29) is 0 Å². The Labute approximate surface area is 138 Å². The van der Waals surface area contributed by atoms with Gasteiger partial charge in [-0.25, -0.2) is 0 Å². The van der Waals surface area contributed by atoms with Gasteiger partial charge in [-0.05, 0) is 30.3 Å². The van der Waals surface area contributed by atoms with Crippen molar-refractivity contribution < 1.29 is 4.74 Å². The first-order valence-electron chi connectivity index (χ1n) is 6.80. The Morgan fingerprint density at radius 1 is 1.24 bits per heavy atom. The van der Waals surface area contributed by atoms with Crippen LogP contribution in [0.2, 0.25) is 5.02 Å². The summed E-state index contributed by atoms with van der Waals surface area (Å²) in [6, 6.07) is 11.9. The van der Waals surface area contributed by atoms with Crippen LogP contribution < -0.4 is 10.1 Å². The number of halogens is 2. The maximum atomic E-state index is 6.13. The molecule has 1 aromatic carbocycles. The zero-order valence-corrected chi connectivity index (χ0v) is 14.4. The van der Waals surface area contributed by atoms with Crippen molar-refractivity contribution in [1.29, 1.82) is 0 Å². The molecule has 21 heavy (non-hydrogen) atoms. The summed E-state index contributed by atoms with van der Waals surface area (Å²) in [5.41, 5.74) is 1.89. The van der Waals surface area contributed by atoms with Crippen molar-refractivity contribution in [3.8, 4) is 5.75 Å². The van der Waals surface area contributed by atoms with E-state index in [1.54, 1.807) is 0 Å². The molecule has 0 bridgehead atoms. The summed E-state index contributed by atoms with van der Waals surface area (Å²) < 4.78 is 6.65. The van der Waals surface area contributed by atoms with Crippen LogP contribution in [0.3, 0.4) is 0 Å². The Bertz CT molecular complexity index is 605. The zero-order chi connectivity index (χ0) is 15.2. The van der Waals surface area contributed by atoms with Crippen molar-refractivity contribution >= 4 is 27.5 Å². The minimum atomic E-state index is 0.400. The summed E-state index contributed by atoms with van der Waals surface area (Å²) in [5.74, 6) is 0.660. The SMILES string of the molecule is CC(C)NCc1cccc(COc2ccc(Br)cc2Cl)n1. The molecule has 5 heteroatoms. The topological polar surface area (TPSA) is 34.1 Å². The molecule has 0 saturated heterocycles. The van der Waals surface area contributed by atoms with Crippen LogP contribution >= 0.6 is 27.5 Å². The number of pyridine rings is 1. The van der Waals surface area contributed by atoms with Crippen LogP contribution in [0, 0.1) is 0 Å². The van der Waals surface area contributed by atoms with Crippen molar-refractivity contribution in [2.24, 2.45) is 0 Å². The lowest BCUT2D eigenvalue weighted by molar-refractivity contribution is 0.301. The van der Waals surface area contributed by atoms with E-state index in [1.807, 2.05) is 36.4 Å². The van der Waals surface area contributed by atoms with E-state index < -0.39 is 0 Å². The minimum Gasteiger partial charge on any atom is -0.486 e. The fourth-order valence-electron chi connectivity index (χ4n) is 1.76. The predicted molar refractivity (Wildman–Crippen MR) is 89.7 cm³/mol. The van der Waals surface area contributed by atoms with Crippen LogP contribution in [0.1, 0.15) is 25.2 Å². The lowest BCUT2D eigenvalue weighted by Gasteiger charge is -2.10. The first-order valence-corrected chi connectivity index (χ1v) is 7.98. The number of rotatable bonds is 6. The Balaban J connectivity index is 1.98. The summed E-state index contributed by atoms with van der Waals surface area (Å²) in [6.45, 7) is 5.38. The second-order valence-corrected chi connectivity index (χ2v) is 6.34. The number of aromatic nitrogens is 1. The third-order valence-corrected chi connectivity index (χ3v) is 3.61. The molecule has 0 aliphatic rings. The number of nitrogens with one attached hydrogen (secondary N) is 1. The lowest BCUT2D eigenvalue weighted by atomic mass is 10.3. The molecular formula is C16H18BrClN2O. The maximum Gasteiger partial charge on any atom is 0.138 e. The fraction of sp³-hybridized carbons (Fsp3) is 0.312. The van der Waals surface area contributed by atoms with Gasteiger partial charge in [0, 0.05) is 17.1 Å². The first-order chi connectivity index (χ1) is 10.0. The first kappa shape index (κ1) is 16.3. The van der Waals surface area contributed by atoms with Crippen molar-refractivity contribution in [2.45, 2.75) is 33.0 Å². The highest BCUT2D eigenvalue weighted by atomic mass is 79.9. The fourth-order valence-corrected chi connectivity index (χ4v) is 2.49. The summed E-state index contributed by atoms with van der Waals surface area (Å²) in [7, 11) is 0. The van der Waals surface area contributed by atoms with E-state index >= 15 is 0 Å². The van der Waals surface area contributed by atoms with Gasteiger partial charge >= 0.3 is 0 Å². The molecule has 0 spiro atoms. The zero-order valence-electron chi connectivity index (χ0n) is 12.1. The highest BCUT2D eigenvalue weighted by Crippen LogP contribution is 2.28. The number of nitrogens with zero attached hydrogens (tertiary/aromatic N) is 1. The van der Waals surface area contributed by atoms with Crippen LogP contribution in [-0.2, 0) is 13.2 Å².